The van der Waals surface area contributed by atoms with Crippen LogP contribution in [-0.4, -0.2) is 0 Å². The Hall–Kier alpha value is -10.1. The minimum atomic E-state index is 0.736. The molecule has 79 heavy (non-hydrogen) atoms. The zero-order valence-electron chi connectivity index (χ0n) is 43.4. The Balaban J connectivity index is 1.19. The molecule has 0 aromatic heterocycles. The van der Waals surface area contributed by atoms with E-state index in [2.05, 4.69) is 291 Å². The molecular formula is C79H50. The van der Waals surface area contributed by atoms with Crippen LogP contribution in [0.4, 0.5) is 0 Å². The second kappa shape index (κ2) is 18.3. The van der Waals surface area contributed by atoms with Crippen LogP contribution in [0.5, 0.6) is 0 Å². The maximum atomic E-state index is 2.49. The molecule has 1 aliphatic carbocycles. The lowest BCUT2D eigenvalue weighted by atomic mass is 9.73. The summed E-state index contributed by atoms with van der Waals surface area (Å²) in [6.07, 6.45) is 0.736. The predicted molar refractivity (Wildman–Crippen MR) is 337 cm³/mol. The van der Waals surface area contributed by atoms with Crippen LogP contribution in [0.3, 0.4) is 0 Å². The standard InChI is InChI=1S/C79H50/c1-8-25-50(26-9-1)49-67-68(54-33-16-5-17-34-54)69(55-35-18-6-19-36-55)75-63-42-24-41-62-61(60-40-23-22-39-57(60)51-27-10-2-11-28-51)45-48-64(71(62)63)77-76-66-47-44-59(53-31-14-4-15-32-53)72-58(52-29-12-3-13-30-52)43-46-65(73(66)72)74(76)70(78(67)79(75)77)56-37-20-7-21-38-56/h1-48H,49H2. The van der Waals surface area contributed by atoms with Gasteiger partial charge in [-0.2, -0.15) is 0 Å². The van der Waals surface area contributed by atoms with Crippen LogP contribution in [0.15, 0.2) is 291 Å². The van der Waals surface area contributed by atoms with Crippen molar-refractivity contribution in [2.24, 2.45) is 0 Å². The molecule has 0 heteroatoms. The van der Waals surface area contributed by atoms with Crippen LogP contribution >= 0.6 is 0 Å². The van der Waals surface area contributed by atoms with Gasteiger partial charge in [-0.25, -0.2) is 0 Å². The fourth-order valence-electron chi connectivity index (χ4n) is 13.9. The van der Waals surface area contributed by atoms with Crippen LogP contribution in [0.25, 0.3) is 154 Å². The van der Waals surface area contributed by atoms with Crippen molar-refractivity contribution in [1.82, 2.24) is 0 Å². The molecule has 16 rings (SSSR count). The average molecular weight is 999 g/mol. The van der Waals surface area contributed by atoms with Crippen molar-refractivity contribution in [3.8, 4) is 100 Å². The maximum Gasteiger partial charge on any atom is -0.000384 e. The molecule has 0 heterocycles. The third-order valence-electron chi connectivity index (χ3n) is 17.0. The lowest BCUT2D eigenvalue weighted by Crippen LogP contribution is -2.04. The Kier molecular flexibility index (Phi) is 10.4. The summed E-state index contributed by atoms with van der Waals surface area (Å²) in [5.74, 6) is 0. The van der Waals surface area contributed by atoms with E-state index in [9.17, 15) is 0 Å². The SMILES string of the molecule is c1ccc(Cc2c(-c3ccccc3)c(-c3ccccc3)c3c4cccc5c(-c6ccccc6-c6ccccc6)ccc(c6c7c(c(-c8ccccc8)c2c36)-c2ccc(-c3ccccc3)c3c(-c6ccccc6)ccc-7c23)c54)cc1. The summed E-state index contributed by atoms with van der Waals surface area (Å²) in [5.41, 5.74) is 25.0. The van der Waals surface area contributed by atoms with Gasteiger partial charge >= 0.3 is 0 Å². The molecule has 0 radical (unpaired) electrons. The summed E-state index contributed by atoms with van der Waals surface area (Å²) >= 11 is 0. The van der Waals surface area contributed by atoms with E-state index < -0.39 is 0 Å². The highest BCUT2D eigenvalue weighted by molar-refractivity contribution is 6.45. The first-order valence-corrected chi connectivity index (χ1v) is 27.6. The minimum absolute atomic E-state index is 0.736. The van der Waals surface area contributed by atoms with Crippen molar-refractivity contribution in [3.63, 3.8) is 0 Å². The largest absolute Gasteiger partial charge is 0.0622 e. The monoisotopic (exact) mass is 998 g/mol. The van der Waals surface area contributed by atoms with Gasteiger partial charge in [-0.15, -0.1) is 0 Å². The van der Waals surface area contributed by atoms with Crippen LogP contribution < -0.4 is 0 Å². The second-order valence-electron chi connectivity index (χ2n) is 21.2. The fraction of sp³-hybridized carbons (Fsp3) is 0.0127. The van der Waals surface area contributed by atoms with E-state index in [4.69, 9.17) is 0 Å². The van der Waals surface area contributed by atoms with Gasteiger partial charge in [0.25, 0.3) is 0 Å². The maximum absolute atomic E-state index is 2.49. The van der Waals surface area contributed by atoms with E-state index >= 15 is 0 Å². The third kappa shape index (κ3) is 6.95. The summed E-state index contributed by atoms with van der Waals surface area (Å²) in [6, 6.07) is 109. The number of hydrogen-bond donors (Lipinski definition) is 0. The molecule has 0 saturated carbocycles. The average Bonchev–Trinajstić information content (AvgIpc) is 3.25. The summed E-state index contributed by atoms with van der Waals surface area (Å²) in [6.45, 7) is 0. The molecule has 366 valence electrons. The lowest BCUT2D eigenvalue weighted by Gasteiger charge is -2.29. The molecule has 0 bridgehead atoms. The summed E-state index contributed by atoms with van der Waals surface area (Å²) in [5, 5.41) is 12.9. The quantitative estimate of drug-likeness (QED) is 0.0999. The van der Waals surface area contributed by atoms with Crippen molar-refractivity contribution in [1.29, 1.82) is 0 Å². The Morgan fingerprint density at radius 3 is 1.10 bits per heavy atom. The first-order valence-electron chi connectivity index (χ1n) is 27.6. The number of hydrogen-bond acceptors (Lipinski definition) is 0. The summed E-state index contributed by atoms with van der Waals surface area (Å²) in [7, 11) is 0. The van der Waals surface area contributed by atoms with Crippen molar-refractivity contribution in [2.75, 3.05) is 0 Å². The third-order valence-corrected chi connectivity index (χ3v) is 17.0. The molecule has 1 aliphatic rings. The van der Waals surface area contributed by atoms with Gasteiger partial charge in [0.1, 0.15) is 0 Å². The molecule has 0 atom stereocenters. The summed E-state index contributed by atoms with van der Waals surface area (Å²) in [4.78, 5) is 0. The van der Waals surface area contributed by atoms with Crippen molar-refractivity contribution < 1.29 is 0 Å². The lowest BCUT2D eigenvalue weighted by molar-refractivity contribution is 1.22. The smallest absolute Gasteiger partial charge is 0.000384 e. The highest BCUT2D eigenvalue weighted by Gasteiger charge is 2.36. The fourth-order valence-corrected chi connectivity index (χ4v) is 13.9. The van der Waals surface area contributed by atoms with Crippen LogP contribution in [0.1, 0.15) is 11.1 Å². The van der Waals surface area contributed by atoms with Crippen LogP contribution in [-0.2, 0) is 6.42 Å². The Labute approximate surface area is 460 Å². The van der Waals surface area contributed by atoms with Crippen LogP contribution in [0, 0.1) is 0 Å². The Morgan fingerprint density at radius 1 is 0.165 bits per heavy atom. The topological polar surface area (TPSA) is 0 Å². The molecule has 15 aromatic rings. The first-order chi connectivity index (χ1) is 39.3. The van der Waals surface area contributed by atoms with Gasteiger partial charge in [0.05, 0.1) is 0 Å². The van der Waals surface area contributed by atoms with Crippen molar-refractivity contribution in [3.05, 3.63) is 302 Å². The van der Waals surface area contributed by atoms with E-state index in [1.165, 1.54) is 165 Å². The molecule has 15 aromatic carbocycles. The molecule has 0 nitrogen and oxygen atoms in total. The molecule has 0 fully saturated rings. The van der Waals surface area contributed by atoms with Gasteiger partial charge in [-0.05, 0) is 172 Å². The van der Waals surface area contributed by atoms with Crippen molar-refractivity contribution in [2.45, 2.75) is 6.42 Å². The second-order valence-corrected chi connectivity index (χ2v) is 21.2. The highest BCUT2D eigenvalue weighted by Crippen LogP contribution is 2.63. The number of rotatable bonds is 9. The Bertz CT molecular complexity index is 4790. The van der Waals surface area contributed by atoms with Gasteiger partial charge in [0.15, 0.2) is 0 Å². The van der Waals surface area contributed by atoms with Gasteiger partial charge in [-0.3, -0.25) is 0 Å². The molecular weight excluding hydrogens is 949 g/mol. The molecule has 0 unspecified atom stereocenters. The van der Waals surface area contributed by atoms with E-state index in [0.717, 1.165) is 6.42 Å². The van der Waals surface area contributed by atoms with Gasteiger partial charge in [0.2, 0.25) is 0 Å². The van der Waals surface area contributed by atoms with Crippen LogP contribution in [0.2, 0.25) is 0 Å². The van der Waals surface area contributed by atoms with E-state index in [0.29, 0.717) is 0 Å². The zero-order chi connectivity index (χ0) is 52.0. The minimum Gasteiger partial charge on any atom is -0.0622 e. The molecule has 0 saturated heterocycles. The molecule has 0 aliphatic heterocycles. The summed E-state index contributed by atoms with van der Waals surface area (Å²) < 4.78 is 0. The van der Waals surface area contributed by atoms with Gasteiger partial charge in [-0.1, -0.05) is 291 Å². The van der Waals surface area contributed by atoms with Gasteiger partial charge < -0.3 is 0 Å². The number of fused-ring (bicyclic) bond motifs is 6. The molecule has 0 N–H and O–H groups in total. The van der Waals surface area contributed by atoms with E-state index in [-0.39, 0.29) is 0 Å². The van der Waals surface area contributed by atoms with Gasteiger partial charge in [0, 0.05) is 0 Å². The molecule has 0 spiro atoms. The van der Waals surface area contributed by atoms with E-state index in [1.807, 2.05) is 0 Å². The first kappa shape index (κ1) is 45.1. The normalized spacial score (nSPS) is 11.8. The zero-order valence-corrected chi connectivity index (χ0v) is 43.4. The molecule has 0 amide bonds. The Morgan fingerprint density at radius 2 is 0.544 bits per heavy atom. The van der Waals surface area contributed by atoms with Crippen molar-refractivity contribution >= 4 is 53.9 Å². The number of benzene rings is 15. The highest BCUT2D eigenvalue weighted by atomic mass is 14.4. The predicted octanol–water partition coefficient (Wildman–Crippen LogP) is 21.8. The van der Waals surface area contributed by atoms with E-state index in [1.54, 1.807) is 0 Å².